The quantitative estimate of drug-likeness (QED) is 0.823. The minimum absolute atomic E-state index is 0.146. The van der Waals surface area contributed by atoms with Crippen molar-refractivity contribution in [3.05, 3.63) is 15.6 Å². The van der Waals surface area contributed by atoms with Crippen molar-refractivity contribution < 1.29 is 0 Å². The summed E-state index contributed by atoms with van der Waals surface area (Å²) >= 11 is 1.96. The molecule has 2 rings (SSSR count). The van der Waals surface area contributed by atoms with Crippen LogP contribution in [0.1, 0.15) is 88.7 Å². The molecule has 0 radical (unpaired) electrons. The van der Waals surface area contributed by atoms with Crippen molar-refractivity contribution >= 4 is 11.3 Å². The zero-order valence-corrected chi connectivity index (χ0v) is 15.5. The maximum atomic E-state index is 5.08. The van der Waals surface area contributed by atoms with E-state index in [1.54, 1.807) is 0 Å². The molecule has 1 aromatic heterocycles. The fourth-order valence-electron chi connectivity index (χ4n) is 3.14. The van der Waals surface area contributed by atoms with E-state index >= 15 is 0 Å². The Morgan fingerprint density at radius 2 is 1.86 bits per heavy atom. The average molecular weight is 309 g/mol. The summed E-state index contributed by atoms with van der Waals surface area (Å²) < 4.78 is 0. The lowest BCUT2D eigenvalue weighted by Crippen LogP contribution is -2.20. The van der Waals surface area contributed by atoms with Crippen LogP contribution >= 0.6 is 11.3 Å². The number of thiazole rings is 1. The van der Waals surface area contributed by atoms with Crippen molar-refractivity contribution in [2.24, 2.45) is 5.41 Å². The van der Waals surface area contributed by atoms with Crippen molar-refractivity contribution in [3.8, 4) is 0 Å². The third-order valence-corrected chi connectivity index (χ3v) is 5.87. The van der Waals surface area contributed by atoms with Crippen LogP contribution in [0, 0.1) is 5.41 Å². The summed E-state index contributed by atoms with van der Waals surface area (Å²) in [5, 5.41) is 4.87. The van der Waals surface area contributed by atoms with Crippen LogP contribution in [-0.4, -0.2) is 11.5 Å². The van der Waals surface area contributed by atoms with E-state index in [0.29, 0.717) is 11.3 Å². The number of hydrogen-bond donors (Lipinski definition) is 1. The fourth-order valence-corrected chi connectivity index (χ4v) is 4.55. The molecule has 0 amide bonds. The first-order valence-electron chi connectivity index (χ1n) is 8.44. The van der Waals surface area contributed by atoms with Gasteiger partial charge < -0.3 is 5.32 Å². The van der Waals surface area contributed by atoms with Gasteiger partial charge in [0.15, 0.2) is 0 Å². The Morgan fingerprint density at radius 1 is 1.24 bits per heavy atom. The molecule has 0 aromatic carbocycles. The molecular formula is C18H32N2S. The zero-order valence-electron chi connectivity index (χ0n) is 14.7. The number of nitrogens with zero attached hydrogens (tertiary/aromatic N) is 1. The molecule has 0 unspecified atom stereocenters. The lowest BCUT2D eigenvalue weighted by Gasteiger charge is -2.33. The Labute approximate surface area is 134 Å². The molecule has 0 aliphatic heterocycles. The van der Waals surface area contributed by atoms with Crippen LogP contribution in [0.3, 0.4) is 0 Å². The monoisotopic (exact) mass is 308 g/mol. The third-order valence-electron chi connectivity index (χ3n) is 4.65. The molecule has 1 saturated carbocycles. The molecule has 21 heavy (non-hydrogen) atoms. The van der Waals surface area contributed by atoms with Crippen molar-refractivity contribution in [3.63, 3.8) is 0 Å². The Hall–Kier alpha value is -0.410. The second-order valence-corrected chi connectivity index (χ2v) is 9.41. The summed E-state index contributed by atoms with van der Waals surface area (Å²) in [7, 11) is 0. The molecule has 0 spiro atoms. The first-order chi connectivity index (χ1) is 9.73. The van der Waals surface area contributed by atoms with Crippen LogP contribution in [0.15, 0.2) is 0 Å². The Balaban J connectivity index is 2.19. The molecule has 2 nitrogen and oxygen atoms in total. The lowest BCUT2D eigenvalue weighted by molar-refractivity contribution is 0.224. The molecular weight excluding hydrogens is 276 g/mol. The van der Waals surface area contributed by atoms with Crippen molar-refractivity contribution in [2.75, 3.05) is 6.54 Å². The lowest BCUT2D eigenvalue weighted by atomic mass is 9.73. The molecule has 1 aromatic rings. The van der Waals surface area contributed by atoms with E-state index in [1.807, 2.05) is 11.3 Å². The molecule has 1 fully saturated rings. The maximum Gasteiger partial charge on any atom is 0.0962 e. The first-order valence-corrected chi connectivity index (χ1v) is 9.25. The smallest absolute Gasteiger partial charge is 0.0962 e. The van der Waals surface area contributed by atoms with Crippen molar-refractivity contribution in [1.82, 2.24) is 10.3 Å². The SMILES string of the molecule is CCNCc1sc(C2CCC(C)(C)CC2)nc1C(C)(C)C. The van der Waals surface area contributed by atoms with Gasteiger partial charge in [-0.25, -0.2) is 4.98 Å². The molecule has 0 saturated heterocycles. The van der Waals surface area contributed by atoms with E-state index in [-0.39, 0.29) is 5.41 Å². The Bertz CT molecular complexity index is 458. The van der Waals surface area contributed by atoms with Gasteiger partial charge in [0.2, 0.25) is 0 Å². The highest BCUT2D eigenvalue weighted by atomic mass is 32.1. The highest BCUT2D eigenvalue weighted by Gasteiger charge is 2.31. The number of rotatable bonds is 4. The summed E-state index contributed by atoms with van der Waals surface area (Å²) in [5.41, 5.74) is 1.99. The summed E-state index contributed by atoms with van der Waals surface area (Å²) in [6, 6.07) is 0. The van der Waals surface area contributed by atoms with Gasteiger partial charge in [-0.05, 0) is 37.6 Å². The molecule has 1 aliphatic rings. The molecule has 3 heteroatoms. The Morgan fingerprint density at radius 3 is 2.38 bits per heavy atom. The number of hydrogen-bond acceptors (Lipinski definition) is 3. The van der Waals surface area contributed by atoms with Gasteiger partial charge >= 0.3 is 0 Å². The molecule has 120 valence electrons. The average Bonchev–Trinajstić information content (AvgIpc) is 2.80. The summed E-state index contributed by atoms with van der Waals surface area (Å²) in [5.74, 6) is 0.694. The predicted molar refractivity (Wildman–Crippen MR) is 93.2 cm³/mol. The largest absolute Gasteiger partial charge is 0.312 e. The predicted octanol–water partition coefficient (Wildman–Crippen LogP) is 5.23. The third kappa shape index (κ3) is 4.29. The Kier molecular flexibility index (Phi) is 5.15. The van der Waals surface area contributed by atoms with E-state index in [0.717, 1.165) is 13.1 Å². The highest BCUT2D eigenvalue weighted by Crippen LogP contribution is 2.44. The van der Waals surface area contributed by atoms with E-state index < -0.39 is 0 Å². The van der Waals surface area contributed by atoms with Gasteiger partial charge in [0.05, 0.1) is 10.7 Å². The standard InChI is InChI=1S/C18H32N2S/c1-7-19-12-14-15(17(2,3)4)20-16(21-14)13-8-10-18(5,6)11-9-13/h13,19H,7-12H2,1-6H3. The minimum Gasteiger partial charge on any atom is -0.312 e. The number of aromatic nitrogens is 1. The van der Waals surface area contributed by atoms with Crippen LogP contribution < -0.4 is 5.32 Å². The van der Waals surface area contributed by atoms with E-state index in [4.69, 9.17) is 4.98 Å². The van der Waals surface area contributed by atoms with Gasteiger partial charge in [-0.3, -0.25) is 0 Å². The van der Waals surface area contributed by atoms with E-state index in [2.05, 4.69) is 46.9 Å². The molecule has 1 heterocycles. The fraction of sp³-hybridized carbons (Fsp3) is 0.833. The number of nitrogens with one attached hydrogen (secondary N) is 1. The van der Waals surface area contributed by atoms with Crippen LogP contribution in [0.2, 0.25) is 0 Å². The van der Waals surface area contributed by atoms with Gasteiger partial charge in [0.1, 0.15) is 0 Å². The molecule has 1 N–H and O–H groups in total. The topological polar surface area (TPSA) is 24.9 Å². The van der Waals surface area contributed by atoms with Crippen LogP contribution in [-0.2, 0) is 12.0 Å². The maximum absolute atomic E-state index is 5.08. The van der Waals surface area contributed by atoms with Crippen molar-refractivity contribution in [1.29, 1.82) is 0 Å². The molecule has 0 bridgehead atoms. The first kappa shape index (κ1) is 17.0. The van der Waals surface area contributed by atoms with Gasteiger partial charge in [-0.1, -0.05) is 41.5 Å². The van der Waals surface area contributed by atoms with E-state index in [1.165, 1.54) is 41.3 Å². The molecule has 1 aliphatic carbocycles. The normalized spacial score (nSPS) is 19.9. The van der Waals surface area contributed by atoms with E-state index in [9.17, 15) is 0 Å². The summed E-state index contributed by atoms with van der Waals surface area (Å²) in [6.07, 6.45) is 5.30. The molecule has 0 atom stereocenters. The van der Waals surface area contributed by atoms with Gasteiger partial charge in [-0.15, -0.1) is 11.3 Å². The second kappa shape index (κ2) is 6.37. The second-order valence-electron chi connectivity index (χ2n) is 8.29. The highest BCUT2D eigenvalue weighted by molar-refractivity contribution is 7.11. The van der Waals surface area contributed by atoms with Crippen LogP contribution in [0.25, 0.3) is 0 Å². The van der Waals surface area contributed by atoms with Crippen LogP contribution in [0.4, 0.5) is 0 Å². The summed E-state index contributed by atoms with van der Waals surface area (Å²) in [6.45, 7) is 15.8. The van der Waals surface area contributed by atoms with Gasteiger partial charge in [0, 0.05) is 22.8 Å². The van der Waals surface area contributed by atoms with Gasteiger partial charge in [-0.2, -0.15) is 0 Å². The van der Waals surface area contributed by atoms with Crippen LogP contribution in [0.5, 0.6) is 0 Å². The van der Waals surface area contributed by atoms with Gasteiger partial charge in [0.25, 0.3) is 0 Å². The summed E-state index contributed by atoms with van der Waals surface area (Å²) in [4.78, 5) is 6.53. The minimum atomic E-state index is 0.146. The van der Waals surface area contributed by atoms with Crippen molar-refractivity contribution in [2.45, 2.75) is 85.1 Å². The zero-order chi connectivity index (χ0) is 15.7.